The number of carbonyl (C=O) groups is 2. The average Bonchev–Trinajstić information content (AvgIpc) is 2.92. The number of benzene rings is 1. The molecule has 22 heavy (non-hydrogen) atoms. The first-order valence-corrected chi connectivity index (χ1v) is 7.34. The van der Waals surface area contributed by atoms with E-state index in [0.717, 1.165) is 10.9 Å². The molecule has 1 fully saturated rings. The average molecular weight is 303 g/mol. The van der Waals surface area contributed by atoms with Crippen molar-refractivity contribution in [2.24, 2.45) is 0 Å². The Morgan fingerprint density at radius 2 is 1.86 bits per heavy atom. The minimum absolute atomic E-state index is 0.00774. The monoisotopic (exact) mass is 303 g/mol. The van der Waals surface area contributed by atoms with Crippen LogP contribution in [0.5, 0.6) is 0 Å². The SMILES string of the molecule is CC(=O)N1CCN(C(=O)Cc2c[nH]c3c(F)cccc23)CC1. The summed E-state index contributed by atoms with van der Waals surface area (Å²) in [5, 5.41) is 0.746. The van der Waals surface area contributed by atoms with Gasteiger partial charge in [0.25, 0.3) is 0 Å². The molecule has 0 bridgehead atoms. The third kappa shape index (κ3) is 2.68. The summed E-state index contributed by atoms with van der Waals surface area (Å²) in [5.41, 5.74) is 1.24. The Morgan fingerprint density at radius 3 is 2.55 bits per heavy atom. The molecule has 5 nitrogen and oxygen atoms in total. The summed E-state index contributed by atoms with van der Waals surface area (Å²) in [7, 11) is 0. The maximum atomic E-state index is 13.6. The first kappa shape index (κ1) is 14.6. The molecule has 116 valence electrons. The zero-order valence-corrected chi connectivity index (χ0v) is 12.4. The highest BCUT2D eigenvalue weighted by molar-refractivity contribution is 5.89. The van der Waals surface area contributed by atoms with Crippen molar-refractivity contribution >= 4 is 22.7 Å². The summed E-state index contributed by atoms with van der Waals surface area (Å²) in [6.45, 7) is 3.79. The van der Waals surface area contributed by atoms with E-state index in [2.05, 4.69) is 4.98 Å². The minimum atomic E-state index is -0.314. The van der Waals surface area contributed by atoms with Gasteiger partial charge in [-0.3, -0.25) is 9.59 Å². The zero-order valence-electron chi connectivity index (χ0n) is 12.4. The van der Waals surface area contributed by atoms with Crippen molar-refractivity contribution in [3.63, 3.8) is 0 Å². The number of nitrogens with one attached hydrogen (secondary N) is 1. The number of rotatable bonds is 2. The number of halogens is 1. The van der Waals surface area contributed by atoms with Crippen LogP contribution in [0.4, 0.5) is 4.39 Å². The second kappa shape index (κ2) is 5.79. The maximum absolute atomic E-state index is 13.6. The molecule has 0 unspecified atom stereocenters. The molecule has 1 N–H and O–H groups in total. The fourth-order valence-electron chi connectivity index (χ4n) is 2.87. The van der Waals surface area contributed by atoms with Gasteiger partial charge in [0.05, 0.1) is 11.9 Å². The van der Waals surface area contributed by atoms with Crippen LogP contribution in [0.2, 0.25) is 0 Å². The number of hydrogen-bond donors (Lipinski definition) is 1. The van der Waals surface area contributed by atoms with Gasteiger partial charge >= 0.3 is 0 Å². The number of H-pyrrole nitrogens is 1. The molecule has 2 heterocycles. The second-order valence-electron chi connectivity index (χ2n) is 5.54. The molecule has 2 amide bonds. The van der Waals surface area contributed by atoms with Gasteiger partial charge < -0.3 is 14.8 Å². The van der Waals surface area contributed by atoms with Crippen LogP contribution >= 0.6 is 0 Å². The van der Waals surface area contributed by atoms with Crippen LogP contribution in [-0.4, -0.2) is 52.8 Å². The van der Waals surface area contributed by atoms with Crippen LogP contribution in [0.1, 0.15) is 12.5 Å². The number of fused-ring (bicyclic) bond motifs is 1. The van der Waals surface area contributed by atoms with Crippen LogP contribution in [-0.2, 0) is 16.0 Å². The highest BCUT2D eigenvalue weighted by Crippen LogP contribution is 2.21. The van der Waals surface area contributed by atoms with Gasteiger partial charge in [0.2, 0.25) is 11.8 Å². The smallest absolute Gasteiger partial charge is 0.227 e. The number of aromatic amines is 1. The number of nitrogens with zero attached hydrogens (tertiary/aromatic N) is 2. The first-order chi connectivity index (χ1) is 10.6. The number of carbonyl (C=O) groups excluding carboxylic acids is 2. The maximum Gasteiger partial charge on any atom is 0.227 e. The van der Waals surface area contributed by atoms with Crippen molar-refractivity contribution in [1.29, 1.82) is 0 Å². The van der Waals surface area contributed by atoms with Gasteiger partial charge in [-0.1, -0.05) is 12.1 Å². The van der Waals surface area contributed by atoms with Crippen molar-refractivity contribution < 1.29 is 14.0 Å². The second-order valence-corrected chi connectivity index (χ2v) is 5.54. The van der Waals surface area contributed by atoms with E-state index in [0.29, 0.717) is 31.7 Å². The lowest BCUT2D eigenvalue weighted by atomic mass is 10.1. The Kier molecular flexibility index (Phi) is 3.83. The fraction of sp³-hybridized carbons (Fsp3) is 0.375. The molecule has 3 rings (SSSR count). The summed E-state index contributed by atoms with van der Waals surface area (Å²) in [6.07, 6.45) is 1.93. The number of piperazine rings is 1. The van der Waals surface area contributed by atoms with Crippen molar-refractivity contribution in [1.82, 2.24) is 14.8 Å². The summed E-state index contributed by atoms with van der Waals surface area (Å²) < 4.78 is 13.6. The molecule has 0 atom stereocenters. The molecule has 1 aliphatic heterocycles. The van der Waals surface area contributed by atoms with Gasteiger partial charge in [-0.2, -0.15) is 0 Å². The van der Waals surface area contributed by atoms with E-state index in [1.165, 1.54) is 13.0 Å². The van der Waals surface area contributed by atoms with E-state index >= 15 is 0 Å². The van der Waals surface area contributed by atoms with Crippen LogP contribution in [0, 0.1) is 5.82 Å². The van der Waals surface area contributed by atoms with Gasteiger partial charge in [0.1, 0.15) is 5.82 Å². The van der Waals surface area contributed by atoms with Gasteiger partial charge in [-0.25, -0.2) is 4.39 Å². The van der Waals surface area contributed by atoms with E-state index in [1.54, 1.807) is 22.1 Å². The summed E-state index contributed by atoms with van der Waals surface area (Å²) >= 11 is 0. The lowest BCUT2D eigenvalue weighted by molar-refractivity contribution is -0.137. The van der Waals surface area contributed by atoms with Crippen LogP contribution in [0.3, 0.4) is 0 Å². The molecule has 0 aliphatic carbocycles. The lowest BCUT2D eigenvalue weighted by Gasteiger charge is -2.34. The Balaban J connectivity index is 1.69. The van der Waals surface area contributed by atoms with Gasteiger partial charge in [0, 0.05) is 44.7 Å². The lowest BCUT2D eigenvalue weighted by Crippen LogP contribution is -2.50. The number of aromatic nitrogens is 1. The molecule has 0 radical (unpaired) electrons. The molecule has 1 aliphatic rings. The van der Waals surface area contributed by atoms with E-state index in [9.17, 15) is 14.0 Å². The molecule has 6 heteroatoms. The minimum Gasteiger partial charge on any atom is -0.359 e. The van der Waals surface area contributed by atoms with Gasteiger partial charge in [-0.15, -0.1) is 0 Å². The Labute approximate surface area is 127 Å². The van der Waals surface area contributed by atoms with E-state index in [-0.39, 0.29) is 24.1 Å². The Hall–Kier alpha value is -2.37. The first-order valence-electron chi connectivity index (χ1n) is 7.34. The number of para-hydroxylation sites is 1. The fourth-order valence-corrected chi connectivity index (χ4v) is 2.87. The standard InChI is InChI=1S/C16H18FN3O2/c1-11(21)19-5-7-20(8-6-19)15(22)9-12-10-18-16-13(12)3-2-4-14(16)17/h2-4,10,18H,5-9H2,1H3. The van der Waals surface area contributed by atoms with E-state index < -0.39 is 0 Å². The number of amides is 2. The molecule has 0 spiro atoms. The quantitative estimate of drug-likeness (QED) is 0.915. The number of hydrogen-bond acceptors (Lipinski definition) is 2. The molecule has 0 saturated carbocycles. The third-order valence-corrected chi connectivity index (χ3v) is 4.17. The molecule has 1 saturated heterocycles. The summed E-state index contributed by atoms with van der Waals surface area (Å²) in [4.78, 5) is 30.1. The van der Waals surface area contributed by atoms with Crippen LogP contribution < -0.4 is 0 Å². The van der Waals surface area contributed by atoms with E-state index in [1.807, 2.05) is 6.07 Å². The molecule has 1 aromatic heterocycles. The zero-order chi connectivity index (χ0) is 15.7. The predicted octanol–water partition coefficient (Wildman–Crippen LogP) is 1.54. The largest absolute Gasteiger partial charge is 0.359 e. The van der Waals surface area contributed by atoms with Crippen molar-refractivity contribution in [3.05, 3.63) is 35.8 Å². The van der Waals surface area contributed by atoms with E-state index in [4.69, 9.17) is 0 Å². The molecular weight excluding hydrogens is 285 g/mol. The van der Waals surface area contributed by atoms with Crippen molar-refractivity contribution in [3.8, 4) is 0 Å². The molecular formula is C16H18FN3O2. The normalized spacial score (nSPS) is 15.4. The van der Waals surface area contributed by atoms with Gasteiger partial charge in [-0.05, 0) is 11.6 Å². The summed E-state index contributed by atoms with van der Waals surface area (Å²) in [5.74, 6) is -0.265. The van der Waals surface area contributed by atoms with Crippen molar-refractivity contribution in [2.75, 3.05) is 26.2 Å². The third-order valence-electron chi connectivity index (χ3n) is 4.17. The molecule has 2 aromatic rings. The molecule has 1 aromatic carbocycles. The predicted molar refractivity (Wildman–Crippen MR) is 80.8 cm³/mol. The Bertz CT molecular complexity index is 717. The Morgan fingerprint density at radius 1 is 1.18 bits per heavy atom. The highest BCUT2D eigenvalue weighted by Gasteiger charge is 2.23. The van der Waals surface area contributed by atoms with Crippen LogP contribution in [0.15, 0.2) is 24.4 Å². The summed E-state index contributed by atoms with van der Waals surface area (Å²) in [6, 6.07) is 4.85. The topological polar surface area (TPSA) is 56.4 Å². The van der Waals surface area contributed by atoms with Crippen molar-refractivity contribution in [2.45, 2.75) is 13.3 Å². The van der Waals surface area contributed by atoms with Gasteiger partial charge in [0.15, 0.2) is 0 Å². The van der Waals surface area contributed by atoms with Crippen LogP contribution in [0.25, 0.3) is 10.9 Å². The highest BCUT2D eigenvalue weighted by atomic mass is 19.1.